The van der Waals surface area contributed by atoms with Crippen molar-refractivity contribution in [1.82, 2.24) is 9.97 Å². The second kappa shape index (κ2) is 5.51. The number of rotatable bonds is 2. The van der Waals surface area contributed by atoms with Gasteiger partial charge >= 0.3 is 0 Å². The Balaban J connectivity index is 2.15. The molecule has 1 N–H and O–H groups in total. The maximum absolute atomic E-state index is 11.9. The lowest BCUT2D eigenvalue weighted by molar-refractivity contribution is 0.0604. The van der Waals surface area contributed by atoms with Crippen LogP contribution in [0.5, 0.6) is 0 Å². The third kappa shape index (κ3) is 2.34. The number of H-pyrrole nitrogens is 1. The zero-order valence-electron chi connectivity index (χ0n) is 11.5. The molecule has 0 aliphatic carbocycles. The lowest BCUT2D eigenvalue weighted by Crippen LogP contribution is -2.38. The van der Waals surface area contributed by atoms with Gasteiger partial charge in [0.05, 0.1) is 11.6 Å². The molecular weight excluding hydrogens is 266 g/mol. The molecule has 1 saturated heterocycles. The fraction of sp³-hybridized carbons (Fsp3) is 0.312. The number of hydrogen-bond donors (Lipinski definition) is 1. The summed E-state index contributed by atoms with van der Waals surface area (Å²) in [5.41, 5.74) is 0.409. The molecule has 1 aliphatic heterocycles. The van der Waals surface area contributed by atoms with Crippen LogP contribution in [0.25, 0.3) is 0 Å². The molecule has 0 spiro atoms. The number of nitriles is 1. The summed E-state index contributed by atoms with van der Waals surface area (Å²) < 4.78 is 5.47. The molecule has 0 bridgehead atoms. The molecule has 0 atom stereocenters. The van der Waals surface area contributed by atoms with Crippen molar-refractivity contribution in [3.63, 3.8) is 0 Å². The Morgan fingerprint density at radius 1 is 1.24 bits per heavy atom. The van der Waals surface area contributed by atoms with E-state index >= 15 is 0 Å². The number of nitrogens with one attached hydrogen (secondary N) is 1. The summed E-state index contributed by atoms with van der Waals surface area (Å²) in [7, 11) is 0. The van der Waals surface area contributed by atoms with Crippen LogP contribution in [0, 0.1) is 11.3 Å². The predicted molar refractivity (Wildman–Crippen MR) is 76.8 cm³/mol. The third-order valence-corrected chi connectivity index (χ3v) is 4.05. The summed E-state index contributed by atoms with van der Waals surface area (Å²) >= 11 is 0. The molecule has 2 heterocycles. The van der Waals surface area contributed by atoms with Crippen LogP contribution < -0.4 is 5.56 Å². The molecule has 21 heavy (non-hydrogen) atoms. The highest BCUT2D eigenvalue weighted by Crippen LogP contribution is 2.38. The molecule has 5 nitrogen and oxygen atoms in total. The predicted octanol–water partition coefficient (Wildman–Crippen LogP) is 1.74. The van der Waals surface area contributed by atoms with Crippen LogP contribution in [0.2, 0.25) is 0 Å². The van der Waals surface area contributed by atoms with Crippen molar-refractivity contribution in [2.45, 2.75) is 18.3 Å². The maximum atomic E-state index is 11.9. The van der Waals surface area contributed by atoms with Gasteiger partial charge in [-0.2, -0.15) is 5.26 Å². The first-order valence-corrected chi connectivity index (χ1v) is 6.89. The Morgan fingerprint density at radius 3 is 2.57 bits per heavy atom. The minimum atomic E-state index is -0.385. The van der Waals surface area contributed by atoms with Gasteiger partial charge in [0.25, 0.3) is 5.56 Å². The van der Waals surface area contributed by atoms with E-state index < -0.39 is 0 Å². The number of benzene rings is 1. The van der Waals surface area contributed by atoms with E-state index in [2.05, 4.69) is 9.97 Å². The smallest absolute Gasteiger partial charge is 0.268 e. The molecule has 1 aliphatic rings. The van der Waals surface area contributed by atoms with E-state index in [1.54, 1.807) is 0 Å². The number of aromatic amines is 1. The standard InChI is InChI=1S/C16H15N3O2/c17-10-12-11-18-15(19-14(12)20)16(6-8-21-9-7-16)13-4-2-1-3-5-13/h1-5,11H,6-9H2,(H,18,19,20). The fourth-order valence-electron chi connectivity index (χ4n) is 2.86. The summed E-state index contributed by atoms with van der Waals surface area (Å²) in [5.74, 6) is 0.612. The molecule has 0 radical (unpaired) electrons. The Morgan fingerprint density at radius 2 is 1.95 bits per heavy atom. The summed E-state index contributed by atoms with van der Waals surface area (Å²) in [5, 5.41) is 8.87. The van der Waals surface area contributed by atoms with Gasteiger partial charge in [0.1, 0.15) is 17.5 Å². The zero-order chi connectivity index (χ0) is 14.7. The Labute approximate surface area is 122 Å². The van der Waals surface area contributed by atoms with Crippen molar-refractivity contribution in [2.24, 2.45) is 0 Å². The fourth-order valence-corrected chi connectivity index (χ4v) is 2.86. The van der Waals surface area contributed by atoms with Crippen molar-refractivity contribution in [3.05, 3.63) is 63.8 Å². The average molecular weight is 281 g/mol. The lowest BCUT2D eigenvalue weighted by atomic mass is 9.73. The van der Waals surface area contributed by atoms with E-state index in [0.717, 1.165) is 18.4 Å². The topological polar surface area (TPSA) is 78.8 Å². The highest BCUT2D eigenvalue weighted by atomic mass is 16.5. The highest BCUT2D eigenvalue weighted by Gasteiger charge is 2.38. The SMILES string of the molecule is N#Cc1cnc(C2(c3ccccc3)CCOCC2)[nH]c1=O. The molecule has 5 heteroatoms. The molecule has 1 aromatic heterocycles. The van der Waals surface area contributed by atoms with Crippen molar-refractivity contribution in [1.29, 1.82) is 5.26 Å². The minimum absolute atomic E-state index is 0.0361. The van der Waals surface area contributed by atoms with Gasteiger partial charge in [0, 0.05) is 13.2 Å². The lowest BCUT2D eigenvalue weighted by Gasteiger charge is -2.36. The van der Waals surface area contributed by atoms with Crippen LogP contribution in [-0.4, -0.2) is 23.2 Å². The van der Waals surface area contributed by atoms with E-state index in [0.29, 0.717) is 19.0 Å². The first-order valence-electron chi connectivity index (χ1n) is 6.89. The van der Waals surface area contributed by atoms with Gasteiger partial charge in [-0.15, -0.1) is 0 Å². The first-order chi connectivity index (χ1) is 10.3. The zero-order valence-corrected chi connectivity index (χ0v) is 11.5. The van der Waals surface area contributed by atoms with Crippen LogP contribution in [0.1, 0.15) is 29.8 Å². The second-order valence-corrected chi connectivity index (χ2v) is 5.15. The molecule has 0 saturated carbocycles. The molecule has 0 unspecified atom stereocenters. The van der Waals surface area contributed by atoms with Crippen molar-refractivity contribution in [3.8, 4) is 6.07 Å². The quantitative estimate of drug-likeness (QED) is 0.909. The maximum Gasteiger partial charge on any atom is 0.268 e. The van der Waals surface area contributed by atoms with E-state index in [-0.39, 0.29) is 16.5 Å². The first kappa shape index (κ1) is 13.5. The molecule has 0 amide bonds. The average Bonchev–Trinajstić information content (AvgIpc) is 2.56. The van der Waals surface area contributed by atoms with Crippen LogP contribution in [0.15, 0.2) is 41.3 Å². The Bertz CT molecular complexity index is 725. The normalized spacial score (nSPS) is 17.1. The van der Waals surface area contributed by atoms with Crippen LogP contribution in [0.4, 0.5) is 0 Å². The number of hydrogen-bond acceptors (Lipinski definition) is 4. The van der Waals surface area contributed by atoms with Crippen molar-refractivity contribution >= 4 is 0 Å². The molecular formula is C16H15N3O2. The van der Waals surface area contributed by atoms with Gasteiger partial charge in [0.15, 0.2) is 0 Å². The number of nitrogens with zero attached hydrogens (tertiary/aromatic N) is 2. The molecule has 1 aromatic carbocycles. The van der Waals surface area contributed by atoms with E-state index in [1.807, 2.05) is 36.4 Å². The molecule has 3 rings (SSSR count). The molecule has 1 fully saturated rings. The van der Waals surface area contributed by atoms with Gasteiger partial charge in [-0.05, 0) is 18.4 Å². The Kier molecular flexibility index (Phi) is 3.55. The van der Waals surface area contributed by atoms with Gasteiger partial charge in [0.2, 0.25) is 0 Å². The summed E-state index contributed by atoms with van der Waals surface area (Å²) in [6, 6.07) is 11.9. The van der Waals surface area contributed by atoms with Crippen LogP contribution in [0.3, 0.4) is 0 Å². The Hall–Kier alpha value is -2.45. The number of ether oxygens (including phenoxy) is 1. The van der Waals surface area contributed by atoms with Gasteiger partial charge < -0.3 is 9.72 Å². The van der Waals surface area contributed by atoms with Gasteiger partial charge in [-0.3, -0.25) is 4.79 Å². The van der Waals surface area contributed by atoms with Crippen LogP contribution >= 0.6 is 0 Å². The highest BCUT2D eigenvalue weighted by molar-refractivity contribution is 5.34. The van der Waals surface area contributed by atoms with Crippen molar-refractivity contribution < 1.29 is 4.74 Å². The van der Waals surface area contributed by atoms with Gasteiger partial charge in [-0.25, -0.2) is 4.98 Å². The third-order valence-electron chi connectivity index (χ3n) is 4.05. The van der Waals surface area contributed by atoms with Crippen LogP contribution in [-0.2, 0) is 10.2 Å². The summed E-state index contributed by atoms with van der Waals surface area (Å²) in [6.07, 6.45) is 2.87. The largest absolute Gasteiger partial charge is 0.381 e. The number of aromatic nitrogens is 2. The summed E-state index contributed by atoms with van der Waals surface area (Å²) in [4.78, 5) is 19.1. The van der Waals surface area contributed by atoms with E-state index in [1.165, 1.54) is 6.20 Å². The minimum Gasteiger partial charge on any atom is -0.381 e. The summed E-state index contributed by atoms with van der Waals surface area (Å²) in [6.45, 7) is 1.25. The molecule has 2 aromatic rings. The second-order valence-electron chi connectivity index (χ2n) is 5.15. The van der Waals surface area contributed by atoms with E-state index in [4.69, 9.17) is 10.00 Å². The molecule has 106 valence electrons. The van der Waals surface area contributed by atoms with Gasteiger partial charge in [-0.1, -0.05) is 30.3 Å². The van der Waals surface area contributed by atoms with E-state index in [9.17, 15) is 4.79 Å². The van der Waals surface area contributed by atoms with Crippen molar-refractivity contribution in [2.75, 3.05) is 13.2 Å². The monoisotopic (exact) mass is 281 g/mol.